The number of halogens is 3. The predicted molar refractivity (Wildman–Crippen MR) is 93.6 cm³/mol. The zero-order valence-corrected chi connectivity index (χ0v) is 15.2. The normalized spacial score (nSPS) is 15.0. The first kappa shape index (κ1) is 20.3. The molecule has 2 aromatic rings. The average molecular weight is 407 g/mol. The number of ether oxygens (including phenoxy) is 4. The SMILES string of the molecule is C[C@@H](Oc1ccc(C#N)cc1)C(=O)O[C@@H](c1ccc2c(c1)OCCO2)C(F)(F)F. The number of benzene rings is 2. The number of carbonyl (C=O) groups excluding carboxylic acids is 1. The van der Waals surface area contributed by atoms with E-state index in [1.165, 1.54) is 43.3 Å². The summed E-state index contributed by atoms with van der Waals surface area (Å²) in [6.07, 6.45) is -8.63. The van der Waals surface area contributed by atoms with Crippen molar-refractivity contribution in [3.63, 3.8) is 0 Å². The summed E-state index contributed by atoms with van der Waals surface area (Å²) in [6, 6.07) is 11.4. The molecule has 0 unspecified atom stereocenters. The van der Waals surface area contributed by atoms with Crippen molar-refractivity contribution in [1.29, 1.82) is 5.26 Å². The van der Waals surface area contributed by atoms with Gasteiger partial charge in [0, 0.05) is 5.56 Å². The maximum absolute atomic E-state index is 13.6. The molecule has 1 aliphatic rings. The first-order valence-corrected chi connectivity index (χ1v) is 8.61. The van der Waals surface area contributed by atoms with E-state index >= 15 is 0 Å². The van der Waals surface area contributed by atoms with Gasteiger partial charge in [0.2, 0.25) is 6.10 Å². The van der Waals surface area contributed by atoms with Gasteiger partial charge in [0.1, 0.15) is 19.0 Å². The predicted octanol–water partition coefficient (Wildman–Crippen LogP) is 3.94. The number of carbonyl (C=O) groups is 1. The van der Waals surface area contributed by atoms with Gasteiger partial charge in [-0.2, -0.15) is 18.4 Å². The van der Waals surface area contributed by atoms with Gasteiger partial charge in [-0.25, -0.2) is 4.79 Å². The summed E-state index contributed by atoms with van der Waals surface area (Å²) in [6.45, 7) is 1.79. The molecule has 0 aliphatic carbocycles. The van der Waals surface area contributed by atoms with Gasteiger partial charge in [-0.15, -0.1) is 0 Å². The first-order valence-electron chi connectivity index (χ1n) is 8.61. The van der Waals surface area contributed by atoms with Crippen LogP contribution in [-0.4, -0.2) is 31.5 Å². The highest BCUT2D eigenvalue weighted by atomic mass is 19.4. The minimum Gasteiger partial charge on any atom is -0.486 e. The number of alkyl halides is 3. The molecule has 0 radical (unpaired) electrons. The molecule has 1 heterocycles. The van der Waals surface area contributed by atoms with Crippen LogP contribution in [0.5, 0.6) is 17.2 Å². The Hall–Kier alpha value is -3.41. The van der Waals surface area contributed by atoms with Crippen molar-refractivity contribution in [1.82, 2.24) is 0 Å². The van der Waals surface area contributed by atoms with E-state index in [-0.39, 0.29) is 23.7 Å². The van der Waals surface area contributed by atoms with Gasteiger partial charge in [0.05, 0.1) is 11.6 Å². The van der Waals surface area contributed by atoms with Crippen LogP contribution in [0, 0.1) is 11.3 Å². The average Bonchev–Trinajstić information content (AvgIpc) is 2.71. The van der Waals surface area contributed by atoms with Gasteiger partial charge in [-0.05, 0) is 43.3 Å². The molecule has 0 saturated heterocycles. The Morgan fingerprint density at radius 2 is 1.76 bits per heavy atom. The molecular weight excluding hydrogens is 391 g/mol. The molecule has 0 N–H and O–H groups in total. The Morgan fingerprint density at radius 1 is 1.10 bits per heavy atom. The summed E-state index contributed by atoms with van der Waals surface area (Å²) in [7, 11) is 0. The van der Waals surface area contributed by atoms with Crippen LogP contribution in [-0.2, 0) is 9.53 Å². The van der Waals surface area contributed by atoms with Gasteiger partial charge < -0.3 is 18.9 Å². The summed E-state index contributed by atoms with van der Waals surface area (Å²) >= 11 is 0. The van der Waals surface area contributed by atoms with Crippen LogP contribution in [0.1, 0.15) is 24.2 Å². The van der Waals surface area contributed by atoms with Crippen LogP contribution in [0.4, 0.5) is 13.2 Å². The summed E-state index contributed by atoms with van der Waals surface area (Å²) < 4.78 is 61.3. The molecule has 0 saturated carbocycles. The largest absolute Gasteiger partial charge is 0.486 e. The van der Waals surface area contributed by atoms with Crippen LogP contribution >= 0.6 is 0 Å². The van der Waals surface area contributed by atoms with E-state index in [2.05, 4.69) is 0 Å². The van der Waals surface area contributed by atoms with Crippen molar-refractivity contribution in [2.45, 2.75) is 25.3 Å². The lowest BCUT2D eigenvalue weighted by Crippen LogP contribution is -2.33. The fraction of sp³-hybridized carbons (Fsp3) is 0.300. The van der Waals surface area contributed by atoms with Crippen LogP contribution in [0.3, 0.4) is 0 Å². The van der Waals surface area contributed by atoms with E-state index < -0.39 is 24.4 Å². The van der Waals surface area contributed by atoms with Gasteiger partial charge in [-0.3, -0.25) is 0 Å². The molecule has 0 aromatic heterocycles. The number of esters is 1. The van der Waals surface area contributed by atoms with Gasteiger partial charge in [0.25, 0.3) is 0 Å². The Morgan fingerprint density at radius 3 is 2.38 bits per heavy atom. The lowest BCUT2D eigenvalue weighted by atomic mass is 10.1. The Labute approximate surface area is 164 Å². The van der Waals surface area contributed by atoms with Crippen LogP contribution in [0.25, 0.3) is 0 Å². The van der Waals surface area contributed by atoms with Crippen molar-refractivity contribution in [3.8, 4) is 23.3 Å². The second kappa shape index (κ2) is 8.31. The fourth-order valence-electron chi connectivity index (χ4n) is 2.62. The van der Waals surface area contributed by atoms with E-state index in [9.17, 15) is 18.0 Å². The summed E-state index contributed by atoms with van der Waals surface area (Å²) in [5.41, 5.74) is 0.0870. The molecule has 0 bridgehead atoms. The van der Waals surface area contributed by atoms with Crippen molar-refractivity contribution in [2.24, 2.45) is 0 Å². The van der Waals surface area contributed by atoms with Crippen LogP contribution in [0.2, 0.25) is 0 Å². The number of hydrogen-bond donors (Lipinski definition) is 0. The lowest BCUT2D eigenvalue weighted by molar-refractivity contribution is -0.227. The maximum atomic E-state index is 13.6. The number of nitrogens with zero attached hydrogens (tertiary/aromatic N) is 1. The number of nitriles is 1. The summed E-state index contributed by atoms with van der Waals surface area (Å²) in [5.74, 6) is -0.492. The number of hydrogen-bond acceptors (Lipinski definition) is 6. The van der Waals surface area contributed by atoms with E-state index in [0.29, 0.717) is 17.9 Å². The molecule has 6 nitrogen and oxygen atoms in total. The third-order valence-electron chi connectivity index (χ3n) is 4.03. The molecule has 0 fully saturated rings. The van der Waals surface area contributed by atoms with E-state index in [0.717, 1.165) is 6.07 Å². The van der Waals surface area contributed by atoms with Crippen molar-refractivity contribution < 1.29 is 36.9 Å². The number of fused-ring (bicyclic) bond motifs is 1. The Balaban J connectivity index is 1.74. The third-order valence-corrected chi connectivity index (χ3v) is 4.03. The topological polar surface area (TPSA) is 77.8 Å². The van der Waals surface area contributed by atoms with E-state index in [4.69, 9.17) is 24.2 Å². The smallest absolute Gasteiger partial charge is 0.429 e. The molecule has 29 heavy (non-hydrogen) atoms. The first-order chi connectivity index (χ1) is 13.8. The van der Waals surface area contributed by atoms with E-state index in [1.54, 1.807) is 0 Å². The maximum Gasteiger partial charge on any atom is 0.429 e. The van der Waals surface area contributed by atoms with Gasteiger partial charge >= 0.3 is 12.1 Å². The molecule has 3 rings (SSSR count). The van der Waals surface area contributed by atoms with Crippen LogP contribution in [0.15, 0.2) is 42.5 Å². The third kappa shape index (κ3) is 4.90. The monoisotopic (exact) mass is 407 g/mol. The lowest BCUT2D eigenvalue weighted by Gasteiger charge is -2.25. The van der Waals surface area contributed by atoms with Crippen molar-refractivity contribution in [2.75, 3.05) is 13.2 Å². The molecule has 9 heteroatoms. The quantitative estimate of drug-likeness (QED) is 0.699. The zero-order chi connectivity index (χ0) is 21.0. The number of rotatable bonds is 5. The standard InChI is InChI=1S/C20H16F3NO5/c1-12(28-15-5-2-13(11-24)3-6-15)19(25)29-18(20(21,22)23)14-4-7-16-17(10-14)27-9-8-26-16/h2-7,10,12,18H,8-9H2,1H3/t12-,18+/m1/s1. The van der Waals surface area contributed by atoms with Gasteiger partial charge in [-0.1, -0.05) is 6.07 Å². The molecule has 0 spiro atoms. The summed E-state index contributed by atoms with van der Waals surface area (Å²) in [4.78, 5) is 12.2. The minimum atomic E-state index is -4.84. The molecule has 1 aliphatic heterocycles. The highest BCUT2D eigenvalue weighted by molar-refractivity contribution is 5.75. The van der Waals surface area contributed by atoms with Crippen molar-refractivity contribution in [3.05, 3.63) is 53.6 Å². The zero-order valence-electron chi connectivity index (χ0n) is 15.2. The van der Waals surface area contributed by atoms with Gasteiger partial charge in [0.15, 0.2) is 17.6 Å². The Kier molecular flexibility index (Phi) is 5.82. The molecule has 2 aromatic carbocycles. The molecule has 2 atom stereocenters. The Bertz CT molecular complexity index is 921. The second-order valence-electron chi connectivity index (χ2n) is 6.16. The van der Waals surface area contributed by atoms with Crippen molar-refractivity contribution >= 4 is 5.97 Å². The fourth-order valence-corrected chi connectivity index (χ4v) is 2.62. The molecular formula is C20H16F3NO5. The van der Waals surface area contributed by atoms with Crippen LogP contribution < -0.4 is 14.2 Å². The van der Waals surface area contributed by atoms with E-state index in [1.807, 2.05) is 6.07 Å². The minimum absolute atomic E-state index is 0.154. The summed E-state index contributed by atoms with van der Waals surface area (Å²) in [5, 5.41) is 8.77. The second-order valence-corrected chi connectivity index (χ2v) is 6.16. The highest BCUT2D eigenvalue weighted by Gasteiger charge is 2.45. The molecule has 0 amide bonds. The molecule has 152 valence electrons. The highest BCUT2D eigenvalue weighted by Crippen LogP contribution is 2.40.